The minimum atomic E-state index is -0.499. The maximum atomic E-state index is 13.1. The number of carbonyl (C=O) groups excluding carboxylic acids is 1. The van der Waals surface area contributed by atoms with Crippen molar-refractivity contribution in [1.29, 1.82) is 0 Å². The average Bonchev–Trinajstić information content (AvgIpc) is 3.33. The molecule has 2 aromatic heterocycles. The number of benzene rings is 1. The summed E-state index contributed by atoms with van der Waals surface area (Å²) >= 11 is 1.59. The fraction of sp³-hybridized carbons (Fsp3) is 0.389. The Morgan fingerprint density at radius 1 is 1.31 bits per heavy atom. The Morgan fingerprint density at radius 2 is 2.15 bits per heavy atom. The van der Waals surface area contributed by atoms with Crippen LogP contribution in [-0.4, -0.2) is 43.8 Å². The van der Waals surface area contributed by atoms with Crippen molar-refractivity contribution in [2.24, 2.45) is 7.05 Å². The first-order valence-electron chi connectivity index (χ1n) is 8.59. The molecule has 0 bridgehead atoms. The number of hydrogen-bond donors (Lipinski definition) is 0. The highest BCUT2D eigenvalue weighted by atomic mass is 32.1. The van der Waals surface area contributed by atoms with E-state index in [1.807, 2.05) is 34.5 Å². The molecule has 1 atom stereocenters. The van der Waals surface area contributed by atoms with Crippen LogP contribution in [0.25, 0.3) is 10.1 Å². The number of nitrogens with zero attached hydrogens (tertiary/aromatic N) is 4. The van der Waals surface area contributed by atoms with Gasteiger partial charge in [-0.1, -0.05) is 18.2 Å². The van der Waals surface area contributed by atoms with Crippen LogP contribution in [0.4, 0.5) is 0 Å². The Hall–Kier alpha value is -2.45. The second kappa shape index (κ2) is 5.52. The lowest BCUT2D eigenvalue weighted by Crippen LogP contribution is -2.47. The molecular weight excluding hydrogens is 352 g/mol. The highest BCUT2D eigenvalue weighted by molar-refractivity contribution is 7.17. The summed E-state index contributed by atoms with van der Waals surface area (Å²) in [5, 5.41) is 7.13. The summed E-state index contributed by atoms with van der Waals surface area (Å²) in [6, 6.07) is 7.96. The summed E-state index contributed by atoms with van der Waals surface area (Å²) in [6.45, 7) is 1.88. The van der Waals surface area contributed by atoms with Crippen molar-refractivity contribution in [3.05, 3.63) is 51.5 Å². The largest absolute Gasteiger partial charge is 0.363 e. The molecule has 1 aromatic carbocycles. The average molecular weight is 370 g/mol. The predicted octanol–water partition coefficient (Wildman–Crippen LogP) is 1.61. The summed E-state index contributed by atoms with van der Waals surface area (Å²) in [6.07, 6.45) is 0.724. The Kier molecular flexibility index (Phi) is 3.35. The Balaban J connectivity index is 1.41. The van der Waals surface area contributed by atoms with Crippen molar-refractivity contribution < 1.29 is 9.53 Å². The normalized spacial score (nSPS) is 22.3. The third-order valence-corrected chi connectivity index (χ3v) is 6.32. The minimum Gasteiger partial charge on any atom is -0.363 e. The van der Waals surface area contributed by atoms with Crippen molar-refractivity contribution in [3.8, 4) is 0 Å². The minimum absolute atomic E-state index is 0.0345. The molecule has 7 nitrogen and oxygen atoms in total. The zero-order chi connectivity index (χ0) is 17.9. The molecule has 5 rings (SSSR count). The van der Waals surface area contributed by atoms with Crippen LogP contribution in [0.2, 0.25) is 0 Å². The second-order valence-electron chi connectivity index (χ2n) is 7.00. The van der Waals surface area contributed by atoms with Crippen molar-refractivity contribution in [2.45, 2.75) is 25.2 Å². The van der Waals surface area contributed by atoms with Crippen molar-refractivity contribution in [3.63, 3.8) is 0 Å². The monoisotopic (exact) mass is 370 g/mol. The van der Waals surface area contributed by atoms with Crippen molar-refractivity contribution >= 4 is 27.3 Å². The number of hydrogen-bond acceptors (Lipinski definition) is 5. The van der Waals surface area contributed by atoms with E-state index in [1.54, 1.807) is 23.0 Å². The van der Waals surface area contributed by atoms with E-state index in [4.69, 9.17) is 4.74 Å². The standard InChI is InChI=1S/C18H18N4O3S/c1-20-17(24)22-11-18(25-8-15(22)19-20)6-7-21(10-18)16(23)13-9-26-14-5-3-2-4-12(13)14/h2-5,9H,6-8,10-11H2,1H3. The number of carbonyl (C=O) groups is 1. The maximum absolute atomic E-state index is 13.1. The van der Waals surface area contributed by atoms with Crippen molar-refractivity contribution in [2.75, 3.05) is 13.1 Å². The smallest absolute Gasteiger partial charge is 0.345 e. The van der Waals surface area contributed by atoms with E-state index < -0.39 is 5.60 Å². The lowest BCUT2D eigenvalue weighted by molar-refractivity contribution is -0.0816. The first-order chi connectivity index (χ1) is 12.6. The van der Waals surface area contributed by atoms with Crippen LogP contribution in [0.3, 0.4) is 0 Å². The zero-order valence-electron chi connectivity index (χ0n) is 14.3. The summed E-state index contributed by atoms with van der Waals surface area (Å²) < 4.78 is 10.2. The van der Waals surface area contributed by atoms with E-state index >= 15 is 0 Å². The third-order valence-electron chi connectivity index (χ3n) is 5.35. The second-order valence-corrected chi connectivity index (χ2v) is 7.91. The van der Waals surface area contributed by atoms with E-state index in [9.17, 15) is 9.59 Å². The topological polar surface area (TPSA) is 69.4 Å². The molecule has 1 fully saturated rings. The molecule has 4 heterocycles. The maximum Gasteiger partial charge on any atom is 0.345 e. The van der Waals surface area contributed by atoms with Gasteiger partial charge >= 0.3 is 5.69 Å². The molecule has 0 N–H and O–H groups in total. The molecule has 0 saturated carbocycles. The number of amides is 1. The molecule has 2 aliphatic heterocycles. The Labute approximate surface area is 153 Å². The molecule has 8 heteroatoms. The molecule has 2 aliphatic rings. The SMILES string of the molecule is Cn1nc2n(c1=O)CC1(CCN(C(=O)c3csc4ccccc34)C1)OC2. The van der Waals surface area contributed by atoms with Gasteiger partial charge in [-0.3, -0.25) is 9.36 Å². The van der Waals surface area contributed by atoms with Crippen molar-refractivity contribution in [1.82, 2.24) is 19.2 Å². The summed E-state index contributed by atoms with van der Waals surface area (Å²) in [7, 11) is 1.65. The van der Waals surface area contributed by atoms with Gasteiger partial charge in [0.1, 0.15) is 12.2 Å². The number of aromatic nitrogens is 3. The van der Waals surface area contributed by atoms with E-state index in [2.05, 4.69) is 5.10 Å². The molecule has 1 amide bonds. The van der Waals surface area contributed by atoms with Gasteiger partial charge in [0, 0.05) is 29.1 Å². The fourth-order valence-corrected chi connectivity index (χ4v) is 4.89. The lowest BCUT2D eigenvalue weighted by atomic mass is 10.0. The molecular formula is C18H18N4O3S. The summed E-state index contributed by atoms with van der Waals surface area (Å²) in [5.41, 5.74) is 0.121. The van der Waals surface area contributed by atoms with E-state index in [1.165, 1.54) is 4.68 Å². The van der Waals surface area contributed by atoms with Gasteiger partial charge in [0.25, 0.3) is 5.91 Å². The molecule has 26 heavy (non-hydrogen) atoms. The van der Waals surface area contributed by atoms with Crippen LogP contribution < -0.4 is 5.69 Å². The highest BCUT2D eigenvalue weighted by Gasteiger charge is 2.45. The van der Waals surface area contributed by atoms with Crippen LogP contribution in [0, 0.1) is 0 Å². The fourth-order valence-electron chi connectivity index (χ4n) is 3.95. The molecule has 0 aliphatic carbocycles. The number of ether oxygens (including phenoxy) is 1. The molecule has 134 valence electrons. The van der Waals surface area contributed by atoms with Crippen LogP contribution in [0.15, 0.2) is 34.4 Å². The number of likely N-dealkylation sites (tertiary alicyclic amines) is 1. The van der Waals surface area contributed by atoms with E-state index in [0.29, 0.717) is 32.1 Å². The van der Waals surface area contributed by atoms with Crippen LogP contribution in [-0.2, 0) is 24.9 Å². The van der Waals surface area contributed by atoms with Gasteiger partial charge in [-0.25, -0.2) is 9.48 Å². The number of aryl methyl sites for hydroxylation is 1. The third kappa shape index (κ3) is 2.25. The highest BCUT2D eigenvalue weighted by Crippen LogP contribution is 2.34. The number of thiophene rings is 1. The molecule has 0 radical (unpaired) electrons. The van der Waals surface area contributed by atoms with Gasteiger partial charge in [0.15, 0.2) is 5.82 Å². The summed E-state index contributed by atoms with van der Waals surface area (Å²) in [5.74, 6) is 0.684. The van der Waals surface area contributed by atoms with Gasteiger partial charge < -0.3 is 9.64 Å². The zero-order valence-corrected chi connectivity index (χ0v) is 15.2. The predicted molar refractivity (Wildman–Crippen MR) is 97.3 cm³/mol. The van der Waals surface area contributed by atoms with Crippen LogP contribution >= 0.6 is 11.3 Å². The first kappa shape index (κ1) is 15.8. The molecule has 1 saturated heterocycles. The molecule has 1 spiro atoms. The Bertz CT molecular complexity index is 1080. The van der Waals surface area contributed by atoms with E-state index in [0.717, 1.165) is 22.1 Å². The Morgan fingerprint density at radius 3 is 3.04 bits per heavy atom. The van der Waals surface area contributed by atoms with Crippen LogP contribution in [0.5, 0.6) is 0 Å². The number of rotatable bonds is 1. The molecule has 3 aromatic rings. The van der Waals surface area contributed by atoms with Gasteiger partial charge in [-0.2, -0.15) is 5.10 Å². The van der Waals surface area contributed by atoms with Gasteiger partial charge in [-0.05, 0) is 12.5 Å². The van der Waals surface area contributed by atoms with Gasteiger partial charge in [0.2, 0.25) is 0 Å². The van der Waals surface area contributed by atoms with E-state index in [-0.39, 0.29) is 11.6 Å². The van der Waals surface area contributed by atoms with Crippen LogP contribution in [0.1, 0.15) is 22.6 Å². The van der Waals surface area contributed by atoms with Gasteiger partial charge in [-0.15, -0.1) is 11.3 Å². The molecule has 1 unspecified atom stereocenters. The quantitative estimate of drug-likeness (QED) is 0.653. The van der Waals surface area contributed by atoms with Gasteiger partial charge in [0.05, 0.1) is 18.7 Å². The lowest BCUT2D eigenvalue weighted by Gasteiger charge is -2.33. The first-order valence-corrected chi connectivity index (χ1v) is 9.46. The number of fused-ring (bicyclic) bond motifs is 2. The summed E-state index contributed by atoms with van der Waals surface area (Å²) in [4.78, 5) is 27.1.